The fourth-order valence-corrected chi connectivity index (χ4v) is 4.44. The first-order chi connectivity index (χ1) is 15.6. The van der Waals surface area contributed by atoms with E-state index >= 15 is 0 Å². The summed E-state index contributed by atoms with van der Waals surface area (Å²) < 4.78 is 5.78. The average Bonchev–Trinajstić information content (AvgIpc) is 3.49. The Morgan fingerprint density at radius 3 is 2.62 bits per heavy atom. The summed E-state index contributed by atoms with van der Waals surface area (Å²) in [7, 11) is 1.85. The Hall–Kier alpha value is -3.12. The Balaban J connectivity index is 1.32. The molecule has 1 aromatic heterocycles. The second-order valence-corrected chi connectivity index (χ2v) is 9.13. The van der Waals surface area contributed by atoms with Gasteiger partial charge in [-0.1, -0.05) is 30.3 Å². The number of hydrogen-bond acceptors (Lipinski definition) is 5. The van der Waals surface area contributed by atoms with Gasteiger partial charge in [-0.25, -0.2) is 4.98 Å². The normalized spacial score (nSPS) is 13.6. The van der Waals surface area contributed by atoms with Gasteiger partial charge in [0, 0.05) is 43.8 Å². The number of rotatable bonds is 8. The van der Waals surface area contributed by atoms with Crippen molar-refractivity contribution in [3.8, 4) is 5.75 Å². The van der Waals surface area contributed by atoms with Crippen LogP contribution in [0.1, 0.15) is 34.7 Å². The largest absolute Gasteiger partial charge is 0.487 e. The number of carbonyl (C=O) groups is 1. The second-order valence-electron chi connectivity index (χ2n) is 8.07. The van der Waals surface area contributed by atoms with Crippen molar-refractivity contribution in [2.45, 2.75) is 32.9 Å². The van der Waals surface area contributed by atoms with Gasteiger partial charge in [0.15, 0.2) is 0 Å². The molecule has 1 fully saturated rings. The monoisotopic (exact) mass is 447 g/mol. The Bertz CT molecular complexity index is 1070. The van der Waals surface area contributed by atoms with Gasteiger partial charge in [0.05, 0.1) is 10.7 Å². The molecule has 6 heteroatoms. The maximum atomic E-state index is 12.7. The molecule has 1 aliphatic rings. The lowest BCUT2D eigenvalue weighted by molar-refractivity contribution is -0.125. The molecule has 0 unspecified atom stereocenters. The average molecular weight is 448 g/mol. The van der Waals surface area contributed by atoms with Gasteiger partial charge in [0.2, 0.25) is 5.91 Å². The molecule has 0 saturated carbocycles. The predicted octanol–water partition coefficient (Wildman–Crippen LogP) is 5.30. The molecule has 0 bridgehead atoms. The quantitative estimate of drug-likeness (QED) is 0.440. The van der Waals surface area contributed by atoms with Gasteiger partial charge in [0.1, 0.15) is 12.4 Å². The van der Waals surface area contributed by atoms with E-state index < -0.39 is 0 Å². The molecule has 2 aromatic carbocycles. The first-order valence-electron chi connectivity index (χ1n) is 11.0. The lowest BCUT2D eigenvalue weighted by Gasteiger charge is -2.24. The van der Waals surface area contributed by atoms with Crippen LogP contribution in [0.25, 0.3) is 6.08 Å². The molecule has 1 amide bonds. The smallest absolute Gasteiger partial charge is 0.246 e. The first kappa shape index (κ1) is 22.1. The van der Waals surface area contributed by atoms with Crippen molar-refractivity contribution in [1.29, 1.82) is 0 Å². The van der Waals surface area contributed by atoms with Crippen LogP contribution in [0.2, 0.25) is 0 Å². The lowest BCUT2D eigenvalue weighted by Crippen LogP contribution is -2.26. The molecule has 2 heterocycles. The summed E-state index contributed by atoms with van der Waals surface area (Å²) in [5.74, 6) is 0.773. The van der Waals surface area contributed by atoms with E-state index in [9.17, 15) is 4.79 Å². The van der Waals surface area contributed by atoms with Crippen LogP contribution in [-0.4, -0.2) is 35.9 Å². The third kappa shape index (κ3) is 5.77. The summed E-state index contributed by atoms with van der Waals surface area (Å²) in [6.07, 6.45) is 5.95. The molecule has 0 radical (unpaired) electrons. The number of anilines is 1. The van der Waals surface area contributed by atoms with E-state index in [-0.39, 0.29) is 5.91 Å². The van der Waals surface area contributed by atoms with Crippen LogP contribution in [0.5, 0.6) is 5.75 Å². The third-order valence-electron chi connectivity index (χ3n) is 5.57. The van der Waals surface area contributed by atoms with E-state index in [0.717, 1.165) is 35.1 Å². The van der Waals surface area contributed by atoms with E-state index in [1.165, 1.54) is 24.1 Å². The van der Waals surface area contributed by atoms with Crippen molar-refractivity contribution in [3.05, 3.63) is 81.8 Å². The molecule has 3 aromatic rings. The molecule has 4 rings (SSSR count). The number of ether oxygens (including phenoxy) is 1. The molecular formula is C26H29N3O2S. The summed E-state index contributed by atoms with van der Waals surface area (Å²) in [5, 5.41) is 3.05. The number of hydrogen-bond donors (Lipinski definition) is 0. The van der Waals surface area contributed by atoms with E-state index in [2.05, 4.69) is 28.1 Å². The SMILES string of the molecule is Cc1nc(COc2ccc(/C=C/C(=O)N(C)Cc3ccccc3N3CCCC3)cc2)cs1. The standard InChI is InChI=1S/C26H29N3O2S/c1-20-27-23(19-32-20)18-31-24-12-9-21(10-13-24)11-14-26(30)28(2)17-22-7-3-4-8-25(22)29-15-5-6-16-29/h3-4,7-14,19H,5-6,15-18H2,1-2H3/b14-11+. The van der Waals surface area contributed by atoms with Gasteiger partial charge in [-0.3, -0.25) is 4.79 Å². The van der Waals surface area contributed by atoms with Crippen LogP contribution in [0, 0.1) is 6.92 Å². The number of aromatic nitrogens is 1. The highest BCUT2D eigenvalue weighted by Gasteiger charge is 2.17. The van der Waals surface area contributed by atoms with Gasteiger partial charge < -0.3 is 14.5 Å². The van der Waals surface area contributed by atoms with E-state index in [1.807, 2.05) is 55.8 Å². The summed E-state index contributed by atoms with van der Waals surface area (Å²) in [5.41, 5.74) is 4.34. The maximum absolute atomic E-state index is 12.7. The van der Waals surface area contributed by atoms with E-state index in [1.54, 1.807) is 22.3 Å². The Morgan fingerprint density at radius 2 is 1.91 bits per heavy atom. The van der Waals surface area contributed by atoms with E-state index in [4.69, 9.17) is 4.74 Å². The molecular weight excluding hydrogens is 418 g/mol. The number of carbonyl (C=O) groups excluding carboxylic acids is 1. The van der Waals surface area contributed by atoms with Crippen LogP contribution in [0.4, 0.5) is 5.69 Å². The maximum Gasteiger partial charge on any atom is 0.246 e. The number of nitrogens with zero attached hydrogens (tertiary/aromatic N) is 3. The second kappa shape index (κ2) is 10.5. The summed E-state index contributed by atoms with van der Waals surface area (Å²) in [6.45, 7) is 5.23. The van der Waals surface area contributed by atoms with E-state index in [0.29, 0.717) is 13.2 Å². The van der Waals surface area contributed by atoms with Crippen molar-refractivity contribution in [1.82, 2.24) is 9.88 Å². The topological polar surface area (TPSA) is 45.7 Å². The Labute approximate surface area is 194 Å². The van der Waals surface area contributed by atoms with Crippen LogP contribution in [0.3, 0.4) is 0 Å². The molecule has 1 saturated heterocycles. The number of para-hydroxylation sites is 1. The van der Waals surface area contributed by atoms with Crippen molar-refractivity contribution in [2.24, 2.45) is 0 Å². The summed E-state index contributed by atoms with van der Waals surface area (Å²) in [4.78, 5) is 21.3. The van der Waals surface area contributed by atoms with Crippen molar-refractivity contribution in [2.75, 3.05) is 25.0 Å². The fraction of sp³-hybridized carbons (Fsp3) is 0.308. The molecule has 32 heavy (non-hydrogen) atoms. The van der Waals surface area contributed by atoms with Crippen molar-refractivity contribution < 1.29 is 9.53 Å². The predicted molar refractivity (Wildman–Crippen MR) is 131 cm³/mol. The van der Waals surface area contributed by atoms with Crippen molar-refractivity contribution >= 4 is 29.0 Å². The van der Waals surface area contributed by atoms with Crippen LogP contribution >= 0.6 is 11.3 Å². The molecule has 0 N–H and O–H groups in total. The highest BCUT2D eigenvalue weighted by atomic mass is 32.1. The highest BCUT2D eigenvalue weighted by Crippen LogP contribution is 2.25. The van der Waals surface area contributed by atoms with Gasteiger partial charge >= 0.3 is 0 Å². The lowest BCUT2D eigenvalue weighted by atomic mass is 10.1. The number of thiazole rings is 1. The van der Waals surface area contributed by atoms with Crippen molar-refractivity contribution in [3.63, 3.8) is 0 Å². The molecule has 5 nitrogen and oxygen atoms in total. The molecule has 0 aliphatic carbocycles. The minimum atomic E-state index is -0.0135. The minimum Gasteiger partial charge on any atom is -0.487 e. The fourth-order valence-electron chi connectivity index (χ4n) is 3.85. The third-order valence-corrected chi connectivity index (χ3v) is 6.40. The zero-order chi connectivity index (χ0) is 22.3. The van der Waals surface area contributed by atoms with Crippen LogP contribution in [0.15, 0.2) is 60.0 Å². The highest BCUT2D eigenvalue weighted by molar-refractivity contribution is 7.09. The number of likely N-dealkylation sites (N-methyl/N-ethyl adjacent to an activating group) is 1. The van der Waals surface area contributed by atoms with Gasteiger partial charge in [-0.2, -0.15) is 0 Å². The Morgan fingerprint density at radius 1 is 1.16 bits per heavy atom. The van der Waals surface area contributed by atoms with Gasteiger partial charge in [-0.15, -0.1) is 11.3 Å². The summed E-state index contributed by atoms with van der Waals surface area (Å²) >= 11 is 1.62. The zero-order valence-electron chi connectivity index (χ0n) is 18.7. The molecule has 1 aliphatic heterocycles. The molecule has 166 valence electrons. The molecule has 0 spiro atoms. The first-order valence-corrected chi connectivity index (χ1v) is 11.9. The number of aryl methyl sites for hydroxylation is 1. The number of benzene rings is 2. The van der Waals surface area contributed by atoms with Crippen LogP contribution in [-0.2, 0) is 17.9 Å². The minimum absolute atomic E-state index is 0.0135. The summed E-state index contributed by atoms with van der Waals surface area (Å²) in [6, 6.07) is 16.1. The van der Waals surface area contributed by atoms with Gasteiger partial charge in [-0.05, 0) is 55.2 Å². The zero-order valence-corrected chi connectivity index (χ0v) is 19.5. The van der Waals surface area contributed by atoms with Gasteiger partial charge in [0.25, 0.3) is 0 Å². The molecule has 0 atom stereocenters. The Kier molecular flexibility index (Phi) is 7.22. The van der Waals surface area contributed by atoms with Crippen LogP contribution < -0.4 is 9.64 Å². The number of amides is 1.